The van der Waals surface area contributed by atoms with E-state index in [4.69, 9.17) is 0 Å². The van der Waals surface area contributed by atoms with Crippen molar-refractivity contribution in [2.75, 3.05) is 37.7 Å². The van der Waals surface area contributed by atoms with Gasteiger partial charge in [-0.2, -0.15) is 0 Å². The largest absolute Gasteiger partial charge is 0.352 e. The molecule has 2 aliphatic rings. The molecule has 2 atom stereocenters. The zero-order valence-corrected chi connectivity index (χ0v) is 12.9. The van der Waals surface area contributed by atoms with Crippen LogP contribution in [0.2, 0.25) is 0 Å². The van der Waals surface area contributed by atoms with Gasteiger partial charge in [-0.3, -0.25) is 4.79 Å². The van der Waals surface area contributed by atoms with Gasteiger partial charge in [0.05, 0.1) is 11.5 Å². The predicted molar refractivity (Wildman–Crippen MR) is 78.3 cm³/mol. The van der Waals surface area contributed by atoms with Gasteiger partial charge in [-0.1, -0.05) is 6.92 Å². The third-order valence-corrected chi connectivity index (χ3v) is 5.79. The minimum absolute atomic E-state index is 0.0393. The molecule has 2 heterocycles. The van der Waals surface area contributed by atoms with E-state index in [1.807, 2.05) is 0 Å². The SMILES string of the molecule is CCN1CCCC(NC(=O)CC2CS(=O)(=O)CCN2)C1. The monoisotopic (exact) mass is 303 g/mol. The van der Waals surface area contributed by atoms with Gasteiger partial charge < -0.3 is 15.5 Å². The van der Waals surface area contributed by atoms with Gasteiger partial charge in [0.25, 0.3) is 0 Å². The number of amides is 1. The number of likely N-dealkylation sites (N-methyl/N-ethyl adjacent to an activating group) is 1. The summed E-state index contributed by atoms with van der Waals surface area (Å²) in [6.07, 6.45) is 2.37. The molecule has 2 saturated heterocycles. The molecular formula is C13H25N3O3S. The summed E-state index contributed by atoms with van der Waals surface area (Å²) >= 11 is 0. The van der Waals surface area contributed by atoms with Gasteiger partial charge in [0.2, 0.25) is 5.91 Å². The topological polar surface area (TPSA) is 78.5 Å². The average molecular weight is 303 g/mol. The minimum atomic E-state index is -2.97. The lowest BCUT2D eigenvalue weighted by Gasteiger charge is -2.32. The summed E-state index contributed by atoms with van der Waals surface area (Å²) in [6.45, 7) is 5.59. The van der Waals surface area contributed by atoms with Crippen LogP contribution >= 0.6 is 0 Å². The van der Waals surface area contributed by atoms with E-state index in [-0.39, 0.29) is 35.9 Å². The molecule has 2 fully saturated rings. The molecule has 0 aliphatic carbocycles. The molecule has 0 aromatic rings. The standard InChI is InChI=1S/C13H25N3O3S/c1-2-16-6-3-4-11(9-16)15-13(17)8-12-10-20(18,19)7-5-14-12/h11-12,14H,2-10H2,1H3,(H,15,17). The van der Waals surface area contributed by atoms with Crippen LogP contribution in [-0.4, -0.2) is 69.0 Å². The Hall–Kier alpha value is -0.660. The van der Waals surface area contributed by atoms with Crippen LogP contribution in [0, 0.1) is 0 Å². The average Bonchev–Trinajstić information content (AvgIpc) is 2.37. The highest BCUT2D eigenvalue weighted by molar-refractivity contribution is 7.91. The van der Waals surface area contributed by atoms with Crippen molar-refractivity contribution >= 4 is 15.7 Å². The highest BCUT2D eigenvalue weighted by Gasteiger charge is 2.27. The zero-order chi connectivity index (χ0) is 14.6. The van der Waals surface area contributed by atoms with Gasteiger partial charge >= 0.3 is 0 Å². The maximum atomic E-state index is 12.0. The molecule has 0 saturated carbocycles. The molecule has 2 unspecified atom stereocenters. The van der Waals surface area contributed by atoms with Gasteiger partial charge in [-0.25, -0.2) is 8.42 Å². The number of hydrogen-bond acceptors (Lipinski definition) is 5. The summed E-state index contributed by atoms with van der Waals surface area (Å²) in [5, 5.41) is 6.15. The fourth-order valence-corrected chi connectivity index (χ4v) is 4.41. The molecule has 6 nitrogen and oxygen atoms in total. The molecule has 2 rings (SSSR count). The summed E-state index contributed by atoms with van der Waals surface area (Å²) in [6, 6.07) is -0.0315. The van der Waals surface area contributed by atoms with E-state index in [0.29, 0.717) is 6.54 Å². The second-order valence-corrected chi connectivity index (χ2v) is 8.00. The maximum Gasteiger partial charge on any atom is 0.221 e. The van der Waals surface area contributed by atoms with E-state index < -0.39 is 9.84 Å². The van der Waals surface area contributed by atoms with Crippen LogP contribution in [0.3, 0.4) is 0 Å². The first-order valence-electron chi connectivity index (χ1n) is 7.44. The summed E-state index contributed by atoms with van der Waals surface area (Å²) in [5.41, 5.74) is 0. The lowest BCUT2D eigenvalue weighted by Crippen LogP contribution is -2.51. The van der Waals surface area contributed by atoms with Crippen LogP contribution in [-0.2, 0) is 14.6 Å². The minimum Gasteiger partial charge on any atom is -0.352 e. The van der Waals surface area contributed by atoms with Crippen molar-refractivity contribution in [1.82, 2.24) is 15.5 Å². The molecule has 0 spiro atoms. The van der Waals surface area contributed by atoms with Gasteiger partial charge in [0, 0.05) is 31.6 Å². The van der Waals surface area contributed by atoms with E-state index in [1.165, 1.54) is 0 Å². The van der Waals surface area contributed by atoms with Crippen LogP contribution in [0.5, 0.6) is 0 Å². The molecule has 0 radical (unpaired) electrons. The Morgan fingerprint density at radius 1 is 1.45 bits per heavy atom. The summed E-state index contributed by atoms with van der Waals surface area (Å²) in [7, 11) is -2.97. The molecule has 0 bridgehead atoms. The molecule has 20 heavy (non-hydrogen) atoms. The third kappa shape index (κ3) is 4.71. The number of nitrogens with one attached hydrogen (secondary N) is 2. The summed E-state index contributed by atoms with van der Waals surface area (Å²) in [4.78, 5) is 14.4. The first-order chi connectivity index (χ1) is 9.48. The molecule has 7 heteroatoms. The molecular weight excluding hydrogens is 278 g/mol. The van der Waals surface area contributed by atoms with Crippen molar-refractivity contribution in [2.45, 2.75) is 38.3 Å². The highest BCUT2D eigenvalue weighted by atomic mass is 32.2. The summed E-state index contributed by atoms with van der Waals surface area (Å²) < 4.78 is 23.1. The number of hydrogen-bond donors (Lipinski definition) is 2. The Kier molecular flexibility index (Phi) is 5.40. The number of carbonyl (C=O) groups excluding carboxylic acids is 1. The van der Waals surface area contributed by atoms with E-state index in [1.54, 1.807) is 0 Å². The molecule has 116 valence electrons. The lowest BCUT2D eigenvalue weighted by atomic mass is 10.1. The zero-order valence-electron chi connectivity index (χ0n) is 12.1. The van der Waals surface area contributed by atoms with Crippen molar-refractivity contribution in [3.63, 3.8) is 0 Å². The van der Waals surface area contributed by atoms with Crippen molar-refractivity contribution in [3.05, 3.63) is 0 Å². The fourth-order valence-electron chi connectivity index (χ4n) is 2.97. The van der Waals surface area contributed by atoms with Crippen LogP contribution in [0.4, 0.5) is 0 Å². The molecule has 2 aliphatic heterocycles. The number of carbonyl (C=O) groups is 1. The fraction of sp³-hybridized carbons (Fsp3) is 0.923. The Bertz CT molecular complexity index is 438. The van der Waals surface area contributed by atoms with Gasteiger partial charge in [-0.15, -0.1) is 0 Å². The highest BCUT2D eigenvalue weighted by Crippen LogP contribution is 2.10. The van der Waals surface area contributed by atoms with Crippen LogP contribution in [0.25, 0.3) is 0 Å². The van der Waals surface area contributed by atoms with Crippen LogP contribution in [0.15, 0.2) is 0 Å². The molecule has 2 N–H and O–H groups in total. The second-order valence-electron chi connectivity index (χ2n) is 5.77. The smallest absolute Gasteiger partial charge is 0.221 e. The van der Waals surface area contributed by atoms with Crippen LogP contribution < -0.4 is 10.6 Å². The van der Waals surface area contributed by atoms with Crippen molar-refractivity contribution in [3.8, 4) is 0 Å². The predicted octanol–water partition coefficient (Wildman–Crippen LogP) is -0.636. The van der Waals surface area contributed by atoms with Crippen molar-refractivity contribution < 1.29 is 13.2 Å². The Morgan fingerprint density at radius 2 is 2.25 bits per heavy atom. The Balaban J connectivity index is 1.77. The van der Waals surface area contributed by atoms with Gasteiger partial charge in [0.1, 0.15) is 0 Å². The van der Waals surface area contributed by atoms with E-state index in [2.05, 4.69) is 22.5 Å². The number of rotatable bonds is 4. The maximum absolute atomic E-state index is 12.0. The second kappa shape index (κ2) is 6.87. The Labute approximate surface area is 121 Å². The van der Waals surface area contributed by atoms with Gasteiger partial charge in [0.15, 0.2) is 9.84 Å². The van der Waals surface area contributed by atoms with Crippen molar-refractivity contribution in [2.24, 2.45) is 0 Å². The van der Waals surface area contributed by atoms with Gasteiger partial charge in [-0.05, 0) is 25.9 Å². The molecule has 0 aromatic carbocycles. The van der Waals surface area contributed by atoms with E-state index >= 15 is 0 Å². The normalized spacial score (nSPS) is 30.9. The number of sulfone groups is 1. The third-order valence-electron chi connectivity index (χ3n) is 4.05. The lowest BCUT2D eigenvalue weighted by molar-refractivity contribution is -0.122. The first-order valence-corrected chi connectivity index (χ1v) is 9.26. The number of piperidine rings is 1. The van der Waals surface area contributed by atoms with E-state index in [0.717, 1.165) is 32.5 Å². The molecule has 1 amide bonds. The van der Waals surface area contributed by atoms with Crippen molar-refractivity contribution in [1.29, 1.82) is 0 Å². The Morgan fingerprint density at radius 3 is 2.95 bits per heavy atom. The number of nitrogens with zero attached hydrogens (tertiary/aromatic N) is 1. The van der Waals surface area contributed by atoms with E-state index in [9.17, 15) is 13.2 Å². The quantitative estimate of drug-likeness (QED) is 0.722. The summed E-state index contributed by atoms with van der Waals surface area (Å²) in [5.74, 6) is 0.216. The molecule has 0 aromatic heterocycles. The number of likely N-dealkylation sites (tertiary alicyclic amines) is 1. The first kappa shape index (κ1) is 15.7. The van der Waals surface area contributed by atoms with Crippen LogP contribution in [0.1, 0.15) is 26.2 Å².